The Bertz CT molecular complexity index is 948. The smallest absolute Gasteiger partial charge is 0.332 e. The van der Waals surface area contributed by atoms with E-state index in [1.165, 1.54) is 17.0 Å². The van der Waals surface area contributed by atoms with Gasteiger partial charge in [-0.05, 0) is 6.07 Å². The van der Waals surface area contributed by atoms with E-state index in [0.29, 0.717) is 21.4 Å². The van der Waals surface area contributed by atoms with Crippen LogP contribution >= 0.6 is 23.2 Å². The van der Waals surface area contributed by atoms with E-state index in [4.69, 9.17) is 23.2 Å². The van der Waals surface area contributed by atoms with Crippen LogP contribution in [0.25, 0.3) is 5.65 Å². The molecule has 0 saturated carbocycles. The minimum atomic E-state index is -0.709. The van der Waals surface area contributed by atoms with Crippen molar-refractivity contribution in [1.29, 1.82) is 0 Å². The van der Waals surface area contributed by atoms with Crippen LogP contribution in [0.2, 0.25) is 10.0 Å². The van der Waals surface area contributed by atoms with Crippen molar-refractivity contribution < 1.29 is 4.92 Å². The van der Waals surface area contributed by atoms with Crippen molar-refractivity contribution >= 4 is 34.5 Å². The summed E-state index contributed by atoms with van der Waals surface area (Å²) in [5.74, 6) is 0. The molecule has 0 spiro atoms. The van der Waals surface area contributed by atoms with Crippen molar-refractivity contribution in [2.24, 2.45) is 0 Å². The molecule has 3 aromatic heterocycles. The van der Waals surface area contributed by atoms with Gasteiger partial charge >= 0.3 is 5.69 Å². The maximum atomic E-state index is 11.4. The summed E-state index contributed by atoms with van der Waals surface area (Å²) in [6.07, 6.45) is 6.03. The number of aromatic nitrogens is 3. The molecule has 0 amide bonds. The molecular formula is C13H8Cl2N4O3. The van der Waals surface area contributed by atoms with Gasteiger partial charge in [0.2, 0.25) is 0 Å². The van der Waals surface area contributed by atoms with E-state index in [-0.39, 0.29) is 6.54 Å². The van der Waals surface area contributed by atoms with Gasteiger partial charge in [0.25, 0.3) is 5.43 Å². The van der Waals surface area contributed by atoms with E-state index in [1.807, 2.05) is 0 Å². The first-order valence-electron chi connectivity index (χ1n) is 6.11. The van der Waals surface area contributed by atoms with E-state index in [2.05, 4.69) is 4.98 Å². The van der Waals surface area contributed by atoms with Crippen molar-refractivity contribution in [3.8, 4) is 0 Å². The quantitative estimate of drug-likeness (QED) is 0.543. The first-order valence-corrected chi connectivity index (χ1v) is 6.87. The van der Waals surface area contributed by atoms with Gasteiger partial charge < -0.3 is 8.97 Å². The molecule has 0 atom stereocenters. The largest absolute Gasteiger partial charge is 0.342 e. The molecule has 3 rings (SSSR count). The third kappa shape index (κ3) is 2.68. The molecule has 112 valence electrons. The van der Waals surface area contributed by atoms with Gasteiger partial charge in [0.15, 0.2) is 5.65 Å². The molecule has 3 aromatic rings. The lowest BCUT2D eigenvalue weighted by atomic mass is 10.4. The highest BCUT2D eigenvalue weighted by atomic mass is 35.5. The maximum Gasteiger partial charge on any atom is 0.332 e. The van der Waals surface area contributed by atoms with Crippen molar-refractivity contribution in [2.75, 3.05) is 0 Å². The van der Waals surface area contributed by atoms with Crippen molar-refractivity contribution in [2.45, 2.75) is 6.54 Å². The molecule has 0 fully saturated rings. The molecule has 0 radical (unpaired) electrons. The third-order valence-electron chi connectivity index (χ3n) is 3.02. The van der Waals surface area contributed by atoms with Gasteiger partial charge in [0.05, 0.1) is 33.4 Å². The van der Waals surface area contributed by atoms with E-state index in [9.17, 15) is 14.9 Å². The van der Waals surface area contributed by atoms with Gasteiger partial charge in [-0.1, -0.05) is 23.2 Å². The van der Waals surface area contributed by atoms with Crippen molar-refractivity contribution in [3.63, 3.8) is 0 Å². The number of fused-ring (bicyclic) bond motifs is 1. The van der Waals surface area contributed by atoms with Gasteiger partial charge in [-0.3, -0.25) is 14.9 Å². The number of pyridine rings is 2. The Morgan fingerprint density at radius 1 is 1.27 bits per heavy atom. The molecule has 0 aliphatic heterocycles. The SMILES string of the molecule is O=c1ccn(Cc2cn3cc(Cl)cc(Cl)c3n2)cc1[N+](=O)[O-]. The first kappa shape index (κ1) is 14.6. The molecule has 22 heavy (non-hydrogen) atoms. The Labute approximate surface area is 133 Å². The highest BCUT2D eigenvalue weighted by Gasteiger charge is 2.13. The fourth-order valence-corrected chi connectivity index (χ4v) is 2.61. The Morgan fingerprint density at radius 3 is 2.77 bits per heavy atom. The molecule has 0 aliphatic carbocycles. The Balaban J connectivity index is 2.00. The summed E-state index contributed by atoms with van der Waals surface area (Å²) in [7, 11) is 0. The van der Waals surface area contributed by atoms with Crippen LogP contribution in [0, 0.1) is 10.1 Å². The predicted molar refractivity (Wildman–Crippen MR) is 81.7 cm³/mol. The summed E-state index contributed by atoms with van der Waals surface area (Å²) in [5.41, 5.74) is 0.0529. The van der Waals surface area contributed by atoms with E-state index in [1.54, 1.807) is 22.9 Å². The van der Waals surface area contributed by atoms with Crippen LogP contribution in [0.5, 0.6) is 0 Å². The summed E-state index contributed by atoms with van der Waals surface area (Å²) >= 11 is 12.0. The highest BCUT2D eigenvalue weighted by molar-refractivity contribution is 6.36. The second kappa shape index (κ2) is 5.43. The minimum absolute atomic E-state index is 0.261. The lowest BCUT2D eigenvalue weighted by Crippen LogP contribution is -2.11. The van der Waals surface area contributed by atoms with Crippen LogP contribution in [0.15, 0.2) is 41.7 Å². The summed E-state index contributed by atoms with van der Waals surface area (Å²) in [6.45, 7) is 0.261. The fourth-order valence-electron chi connectivity index (χ4n) is 2.09. The Kier molecular flexibility index (Phi) is 3.59. The topological polar surface area (TPSA) is 82.4 Å². The standard InChI is InChI=1S/C13H8Cl2N4O3/c14-8-3-10(15)13-16-9(6-18(13)4-8)5-17-2-1-12(20)11(7-17)19(21)22/h1-4,6-7H,5H2. The van der Waals surface area contributed by atoms with Crippen LogP contribution < -0.4 is 5.43 Å². The second-order valence-electron chi connectivity index (χ2n) is 4.59. The number of nitrogens with zero attached hydrogens (tertiary/aromatic N) is 4. The van der Waals surface area contributed by atoms with Gasteiger partial charge in [-0.2, -0.15) is 0 Å². The van der Waals surface area contributed by atoms with E-state index in [0.717, 1.165) is 6.07 Å². The first-order chi connectivity index (χ1) is 10.4. The molecule has 0 unspecified atom stereocenters. The Hall–Kier alpha value is -2.38. The molecular weight excluding hydrogens is 331 g/mol. The molecule has 3 heterocycles. The highest BCUT2D eigenvalue weighted by Crippen LogP contribution is 2.22. The average Bonchev–Trinajstić information content (AvgIpc) is 2.83. The summed E-state index contributed by atoms with van der Waals surface area (Å²) < 4.78 is 3.19. The van der Waals surface area contributed by atoms with Gasteiger partial charge in [-0.15, -0.1) is 0 Å². The molecule has 0 aromatic carbocycles. The zero-order chi connectivity index (χ0) is 15.9. The Morgan fingerprint density at radius 2 is 2.05 bits per heavy atom. The monoisotopic (exact) mass is 338 g/mol. The van der Waals surface area contributed by atoms with Gasteiger partial charge in [-0.25, -0.2) is 4.98 Å². The number of rotatable bonds is 3. The second-order valence-corrected chi connectivity index (χ2v) is 5.44. The van der Waals surface area contributed by atoms with Crippen LogP contribution in [0.3, 0.4) is 0 Å². The minimum Gasteiger partial charge on any atom is -0.342 e. The van der Waals surface area contributed by atoms with Gasteiger partial charge in [0.1, 0.15) is 0 Å². The van der Waals surface area contributed by atoms with Crippen molar-refractivity contribution in [3.05, 3.63) is 73.0 Å². The summed E-state index contributed by atoms with van der Waals surface area (Å²) in [6, 6.07) is 2.73. The molecule has 9 heteroatoms. The number of imidazole rings is 1. The van der Waals surface area contributed by atoms with Gasteiger partial charge in [0, 0.05) is 24.7 Å². The number of nitro groups is 1. The van der Waals surface area contributed by atoms with E-state index < -0.39 is 16.0 Å². The number of hydrogen-bond donors (Lipinski definition) is 0. The zero-order valence-corrected chi connectivity index (χ0v) is 12.5. The molecule has 0 N–H and O–H groups in total. The predicted octanol–water partition coefficient (Wildman–Crippen LogP) is 2.76. The lowest BCUT2D eigenvalue weighted by molar-refractivity contribution is -0.386. The maximum absolute atomic E-state index is 11.4. The number of halogens is 2. The molecule has 7 nitrogen and oxygen atoms in total. The summed E-state index contributed by atoms with van der Waals surface area (Å²) in [4.78, 5) is 25.8. The lowest BCUT2D eigenvalue weighted by Gasteiger charge is -2.02. The fraction of sp³-hybridized carbons (Fsp3) is 0.0769. The zero-order valence-electron chi connectivity index (χ0n) is 10.9. The molecule has 0 saturated heterocycles. The van der Waals surface area contributed by atoms with Crippen LogP contribution in [-0.2, 0) is 6.54 Å². The van der Waals surface area contributed by atoms with Crippen LogP contribution in [0.4, 0.5) is 5.69 Å². The van der Waals surface area contributed by atoms with Crippen LogP contribution in [0.1, 0.15) is 5.69 Å². The molecule has 0 aliphatic rings. The average molecular weight is 339 g/mol. The van der Waals surface area contributed by atoms with Crippen molar-refractivity contribution in [1.82, 2.24) is 14.0 Å². The van der Waals surface area contributed by atoms with E-state index >= 15 is 0 Å². The van der Waals surface area contributed by atoms with Crippen LogP contribution in [-0.4, -0.2) is 18.9 Å². The summed E-state index contributed by atoms with van der Waals surface area (Å²) in [5, 5.41) is 11.7. The third-order valence-corrected chi connectivity index (χ3v) is 3.51. The normalized spacial score (nSPS) is 11.0. The number of hydrogen-bond acceptors (Lipinski definition) is 4. The molecule has 0 bridgehead atoms.